The number of nitrogens with one attached hydrogen (secondary N) is 1. The highest BCUT2D eigenvalue weighted by atomic mass is 28.3. The molecule has 0 aromatic rings. The van der Waals surface area contributed by atoms with Gasteiger partial charge in [0.05, 0.1) is 0 Å². The summed E-state index contributed by atoms with van der Waals surface area (Å²) in [5.74, 6) is 0.307. The second-order valence-electron chi connectivity index (χ2n) is 3.98. The molecule has 12 heavy (non-hydrogen) atoms. The largest absolute Gasteiger partial charge is 0.356 e. The lowest BCUT2D eigenvalue weighted by Gasteiger charge is -2.07. The number of carbonyl (C=O) groups excluding carboxylic acids is 1. The van der Waals surface area contributed by atoms with Crippen LogP contribution >= 0.6 is 0 Å². The Morgan fingerprint density at radius 3 is 2.42 bits per heavy atom. The second-order valence-corrected chi connectivity index (χ2v) is 7.35. The van der Waals surface area contributed by atoms with Gasteiger partial charge >= 0.3 is 0 Å². The van der Waals surface area contributed by atoms with Gasteiger partial charge in [0.2, 0.25) is 5.91 Å². The van der Waals surface area contributed by atoms with Crippen LogP contribution in [0.4, 0.5) is 0 Å². The van der Waals surface area contributed by atoms with E-state index in [9.17, 15) is 4.79 Å². The van der Waals surface area contributed by atoms with Crippen molar-refractivity contribution in [3.05, 3.63) is 0 Å². The van der Waals surface area contributed by atoms with Crippen LogP contribution in [-0.4, -0.2) is 21.2 Å². The van der Waals surface area contributed by atoms with E-state index in [1.165, 1.54) is 6.04 Å². The van der Waals surface area contributed by atoms with Gasteiger partial charge in [0, 0.05) is 21.3 Å². The lowest BCUT2D eigenvalue weighted by Crippen LogP contribution is -2.28. The monoisotopic (exact) mass is 187 g/mol. The predicted molar refractivity (Wildman–Crippen MR) is 56.1 cm³/mol. The highest BCUT2D eigenvalue weighted by Gasteiger charge is 2.04. The Morgan fingerprint density at radius 1 is 1.42 bits per heavy atom. The van der Waals surface area contributed by atoms with Crippen molar-refractivity contribution in [2.75, 3.05) is 6.54 Å². The van der Waals surface area contributed by atoms with Crippen molar-refractivity contribution < 1.29 is 4.79 Å². The minimum Gasteiger partial charge on any atom is -0.356 e. The van der Waals surface area contributed by atoms with E-state index in [0.29, 0.717) is 0 Å². The molecular weight excluding hydrogens is 166 g/mol. The summed E-state index contributed by atoms with van der Waals surface area (Å²) < 4.78 is 0. The zero-order valence-electron chi connectivity index (χ0n) is 8.68. The third kappa shape index (κ3) is 6.40. The highest BCUT2D eigenvalue weighted by molar-refractivity contribution is 6.55. The average molecular weight is 187 g/mol. The molecule has 0 saturated carbocycles. The molecule has 0 heterocycles. The molecule has 0 aromatic heterocycles. The third-order valence-electron chi connectivity index (χ3n) is 1.78. The number of hydrogen-bond acceptors (Lipinski definition) is 1. The second kappa shape index (κ2) is 6.23. The molecule has 0 unspecified atom stereocenters. The first kappa shape index (κ1) is 11.7. The molecule has 0 aromatic carbocycles. The molecule has 1 amide bonds. The zero-order chi connectivity index (χ0) is 9.56. The SMILES string of the molecule is CC(C)C(=O)NCCC[SiH](C)C. The normalized spacial score (nSPS) is 10.8. The van der Waals surface area contributed by atoms with Gasteiger partial charge in [0.25, 0.3) is 0 Å². The third-order valence-corrected chi connectivity index (χ3v) is 3.34. The highest BCUT2D eigenvalue weighted by Crippen LogP contribution is 1.96. The summed E-state index contributed by atoms with van der Waals surface area (Å²) in [4.78, 5) is 11.1. The molecule has 0 aliphatic rings. The molecule has 0 rings (SSSR count). The number of rotatable bonds is 5. The smallest absolute Gasteiger partial charge is 0.222 e. The standard InChI is InChI=1S/C9H21NOSi/c1-8(2)9(11)10-6-5-7-12(3)4/h8,12H,5-7H2,1-4H3,(H,10,11). The van der Waals surface area contributed by atoms with Crippen molar-refractivity contribution in [1.82, 2.24) is 5.32 Å². The van der Waals surface area contributed by atoms with Crippen LogP contribution in [0.15, 0.2) is 0 Å². The first-order valence-corrected chi connectivity index (χ1v) is 7.94. The summed E-state index contributed by atoms with van der Waals surface area (Å²) in [5.41, 5.74) is 0. The van der Waals surface area contributed by atoms with Crippen molar-refractivity contribution in [3.63, 3.8) is 0 Å². The predicted octanol–water partition coefficient (Wildman–Crippen LogP) is 1.64. The van der Waals surface area contributed by atoms with Crippen molar-refractivity contribution in [3.8, 4) is 0 Å². The Bertz CT molecular complexity index is 134. The number of hydrogen-bond donors (Lipinski definition) is 1. The summed E-state index contributed by atoms with van der Waals surface area (Å²) in [6.45, 7) is 9.38. The van der Waals surface area contributed by atoms with Gasteiger partial charge in [-0.1, -0.05) is 33.0 Å². The molecule has 3 heteroatoms. The van der Waals surface area contributed by atoms with Crippen molar-refractivity contribution in [1.29, 1.82) is 0 Å². The van der Waals surface area contributed by atoms with E-state index in [2.05, 4.69) is 18.4 Å². The lowest BCUT2D eigenvalue weighted by molar-refractivity contribution is -0.123. The van der Waals surface area contributed by atoms with Crippen LogP contribution < -0.4 is 5.32 Å². The molecule has 0 fully saturated rings. The van der Waals surface area contributed by atoms with Crippen LogP contribution in [0, 0.1) is 5.92 Å². The Morgan fingerprint density at radius 2 is 2.00 bits per heavy atom. The fraction of sp³-hybridized carbons (Fsp3) is 0.889. The number of amides is 1. The van der Waals surface area contributed by atoms with Crippen LogP contribution in [0.1, 0.15) is 20.3 Å². The maximum atomic E-state index is 11.1. The molecule has 0 aliphatic heterocycles. The molecule has 1 N–H and O–H groups in total. The van der Waals surface area contributed by atoms with Gasteiger partial charge in [0.15, 0.2) is 0 Å². The summed E-state index contributed by atoms with van der Waals surface area (Å²) in [7, 11) is -0.409. The van der Waals surface area contributed by atoms with Crippen LogP contribution in [0.3, 0.4) is 0 Å². The molecular formula is C9H21NOSi. The van der Waals surface area contributed by atoms with Crippen LogP contribution in [0.5, 0.6) is 0 Å². The van der Waals surface area contributed by atoms with Gasteiger partial charge < -0.3 is 5.32 Å². The Labute approximate surface area is 77.3 Å². The first-order valence-electron chi connectivity index (χ1n) is 4.81. The van der Waals surface area contributed by atoms with Crippen LogP contribution in [0.25, 0.3) is 0 Å². The lowest BCUT2D eigenvalue weighted by atomic mass is 10.2. The van der Waals surface area contributed by atoms with E-state index >= 15 is 0 Å². The van der Waals surface area contributed by atoms with Gasteiger partial charge in [0.1, 0.15) is 0 Å². The Kier molecular flexibility index (Phi) is 6.07. The molecule has 0 atom stereocenters. The summed E-state index contributed by atoms with van der Waals surface area (Å²) >= 11 is 0. The van der Waals surface area contributed by atoms with E-state index in [1.54, 1.807) is 0 Å². The molecule has 2 nitrogen and oxygen atoms in total. The quantitative estimate of drug-likeness (QED) is 0.514. The topological polar surface area (TPSA) is 29.1 Å². The minimum absolute atomic E-state index is 0.126. The zero-order valence-corrected chi connectivity index (χ0v) is 9.84. The first-order chi connectivity index (χ1) is 5.54. The summed E-state index contributed by atoms with van der Waals surface area (Å²) in [6, 6.07) is 1.33. The molecule has 72 valence electrons. The van der Waals surface area contributed by atoms with Gasteiger partial charge in [-0.3, -0.25) is 4.79 Å². The Hall–Kier alpha value is -0.313. The number of carbonyl (C=O) groups is 1. The van der Waals surface area contributed by atoms with E-state index < -0.39 is 8.80 Å². The van der Waals surface area contributed by atoms with Crippen LogP contribution in [-0.2, 0) is 4.79 Å². The van der Waals surface area contributed by atoms with Crippen LogP contribution in [0.2, 0.25) is 19.1 Å². The average Bonchev–Trinajstić information content (AvgIpc) is 1.97. The maximum absolute atomic E-state index is 11.1. The maximum Gasteiger partial charge on any atom is 0.222 e. The molecule has 0 bridgehead atoms. The molecule has 0 radical (unpaired) electrons. The van der Waals surface area contributed by atoms with E-state index in [4.69, 9.17) is 0 Å². The minimum atomic E-state index is -0.409. The van der Waals surface area contributed by atoms with E-state index in [0.717, 1.165) is 13.0 Å². The fourth-order valence-electron chi connectivity index (χ4n) is 0.926. The summed E-state index contributed by atoms with van der Waals surface area (Å²) in [5, 5.41) is 2.92. The molecule has 0 saturated heterocycles. The van der Waals surface area contributed by atoms with E-state index in [1.807, 2.05) is 13.8 Å². The molecule has 0 aliphatic carbocycles. The van der Waals surface area contributed by atoms with Gasteiger partial charge in [-0.05, 0) is 6.42 Å². The Balaban J connectivity index is 3.26. The van der Waals surface area contributed by atoms with Crippen molar-refractivity contribution in [2.24, 2.45) is 5.92 Å². The van der Waals surface area contributed by atoms with Gasteiger partial charge in [-0.2, -0.15) is 0 Å². The van der Waals surface area contributed by atoms with Gasteiger partial charge in [-0.15, -0.1) is 0 Å². The van der Waals surface area contributed by atoms with E-state index in [-0.39, 0.29) is 11.8 Å². The van der Waals surface area contributed by atoms with Crippen molar-refractivity contribution >= 4 is 14.7 Å². The van der Waals surface area contributed by atoms with Crippen molar-refractivity contribution in [2.45, 2.75) is 39.4 Å². The van der Waals surface area contributed by atoms with Gasteiger partial charge in [-0.25, -0.2) is 0 Å². The summed E-state index contributed by atoms with van der Waals surface area (Å²) in [6.07, 6.45) is 1.16. The fourth-order valence-corrected chi connectivity index (χ4v) is 1.95. The molecule has 0 spiro atoms.